The summed E-state index contributed by atoms with van der Waals surface area (Å²) in [6.07, 6.45) is 0.488. The van der Waals surface area contributed by atoms with Gasteiger partial charge in [0.25, 0.3) is 0 Å². The Labute approximate surface area is 117 Å². The van der Waals surface area contributed by atoms with E-state index in [0.29, 0.717) is 11.1 Å². The second kappa shape index (κ2) is 4.66. The van der Waals surface area contributed by atoms with Gasteiger partial charge in [-0.2, -0.15) is 5.10 Å². The minimum atomic E-state index is -0.522. The number of benzene rings is 1. The maximum Gasteiger partial charge on any atom is 0.132 e. The summed E-state index contributed by atoms with van der Waals surface area (Å²) in [5.41, 5.74) is 2.90. The van der Waals surface area contributed by atoms with E-state index in [0.717, 1.165) is 17.7 Å². The predicted octanol–water partition coefficient (Wildman–Crippen LogP) is 3.22. The SMILES string of the molecule is Cc1nn(C)c(Cl)c1C(O)C1CC1c1ccccc1. The van der Waals surface area contributed by atoms with Crippen LogP contribution in [0.15, 0.2) is 30.3 Å². The van der Waals surface area contributed by atoms with Gasteiger partial charge in [-0.1, -0.05) is 41.9 Å². The lowest BCUT2D eigenvalue weighted by Gasteiger charge is -2.10. The number of aryl methyl sites for hydroxylation is 2. The average molecular weight is 277 g/mol. The first kappa shape index (κ1) is 12.7. The maximum atomic E-state index is 10.5. The molecule has 1 aliphatic rings. The molecule has 0 saturated heterocycles. The van der Waals surface area contributed by atoms with E-state index in [1.54, 1.807) is 11.7 Å². The molecule has 0 aliphatic heterocycles. The van der Waals surface area contributed by atoms with Crippen LogP contribution in [0.4, 0.5) is 0 Å². The summed E-state index contributed by atoms with van der Waals surface area (Å²) >= 11 is 6.21. The first-order valence-electron chi connectivity index (χ1n) is 6.51. The molecule has 0 amide bonds. The number of aliphatic hydroxyl groups is 1. The minimum absolute atomic E-state index is 0.253. The van der Waals surface area contributed by atoms with Crippen LogP contribution in [0.5, 0.6) is 0 Å². The Bertz CT molecular complexity index is 594. The Balaban J connectivity index is 1.82. The van der Waals surface area contributed by atoms with Crippen molar-refractivity contribution in [1.82, 2.24) is 9.78 Å². The van der Waals surface area contributed by atoms with Crippen molar-refractivity contribution in [1.29, 1.82) is 0 Å². The third kappa shape index (κ3) is 2.17. The monoisotopic (exact) mass is 276 g/mol. The van der Waals surface area contributed by atoms with Crippen molar-refractivity contribution in [3.63, 3.8) is 0 Å². The molecule has 4 heteroatoms. The van der Waals surface area contributed by atoms with E-state index in [-0.39, 0.29) is 5.92 Å². The van der Waals surface area contributed by atoms with Gasteiger partial charge in [0.15, 0.2) is 0 Å². The van der Waals surface area contributed by atoms with Crippen LogP contribution in [0.1, 0.15) is 35.3 Å². The normalized spacial score (nSPS) is 23.4. The quantitative estimate of drug-likeness (QED) is 0.935. The lowest BCUT2D eigenvalue weighted by molar-refractivity contribution is 0.150. The molecule has 19 heavy (non-hydrogen) atoms. The lowest BCUT2D eigenvalue weighted by atomic mass is 10.0. The molecule has 1 fully saturated rings. The van der Waals surface area contributed by atoms with Gasteiger partial charge in [0.05, 0.1) is 11.8 Å². The summed E-state index contributed by atoms with van der Waals surface area (Å²) < 4.78 is 1.62. The highest BCUT2D eigenvalue weighted by molar-refractivity contribution is 6.30. The van der Waals surface area contributed by atoms with E-state index < -0.39 is 6.10 Å². The van der Waals surface area contributed by atoms with Crippen molar-refractivity contribution >= 4 is 11.6 Å². The Kier molecular flexibility index (Phi) is 3.11. The Morgan fingerprint density at radius 3 is 2.63 bits per heavy atom. The number of rotatable bonds is 3. The summed E-state index contributed by atoms with van der Waals surface area (Å²) in [4.78, 5) is 0. The topological polar surface area (TPSA) is 38.0 Å². The lowest BCUT2D eigenvalue weighted by Crippen LogP contribution is -2.03. The molecule has 3 nitrogen and oxygen atoms in total. The molecule has 0 spiro atoms. The third-order valence-corrected chi connectivity index (χ3v) is 4.41. The summed E-state index contributed by atoms with van der Waals surface area (Å²) in [5, 5.41) is 15.3. The molecule has 1 N–H and O–H groups in total. The summed E-state index contributed by atoms with van der Waals surface area (Å²) in [7, 11) is 1.80. The van der Waals surface area contributed by atoms with Crippen LogP contribution in [0, 0.1) is 12.8 Å². The molecule has 100 valence electrons. The van der Waals surface area contributed by atoms with Crippen LogP contribution in [0.3, 0.4) is 0 Å². The fourth-order valence-corrected chi connectivity index (χ4v) is 3.13. The number of hydrogen-bond acceptors (Lipinski definition) is 2. The minimum Gasteiger partial charge on any atom is -0.388 e. The zero-order chi connectivity index (χ0) is 13.6. The largest absolute Gasteiger partial charge is 0.388 e. The molecule has 2 aromatic rings. The van der Waals surface area contributed by atoms with Crippen molar-refractivity contribution in [3.05, 3.63) is 52.3 Å². The van der Waals surface area contributed by atoms with Crippen LogP contribution < -0.4 is 0 Å². The second-order valence-corrected chi connectivity index (χ2v) is 5.63. The smallest absolute Gasteiger partial charge is 0.132 e. The van der Waals surface area contributed by atoms with Crippen molar-refractivity contribution in [2.24, 2.45) is 13.0 Å². The molecule has 3 unspecified atom stereocenters. The standard InChI is InChI=1S/C15H17ClN2O/c1-9-13(15(16)18(2)17-9)14(19)12-8-11(12)10-6-4-3-5-7-10/h3-7,11-12,14,19H,8H2,1-2H3. The van der Waals surface area contributed by atoms with E-state index in [9.17, 15) is 5.11 Å². The maximum absolute atomic E-state index is 10.5. The first-order chi connectivity index (χ1) is 9.09. The van der Waals surface area contributed by atoms with Gasteiger partial charge >= 0.3 is 0 Å². The predicted molar refractivity (Wildman–Crippen MR) is 75.2 cm³/mol. The molecule has 1 aromatic carbocycles. The highest BCUT2D eigenvalue weighted by Crippen LogP contribution is 2.55. The van der Waals surface area contributed by atoms with E-state index in [1.165, 1.54) is 5.56 Å². The van der Waals surface area contributed by atoms with Gasteiger partial charge in [-0.25, -0.2) is 0 Å². The Hall–Kier alpha value is -1.32. The van der Waals surface area contributed by atoms with Gasteiger partial charge in [0.2, 0.25) is 0 Å². The van der Waals surface area contributed by atoms with Gasteiger partial charge in [-0.05, 0) is 30.7 Å². The van der Waals surface area contributed by atoms with E-state index in [2.05, 4.69) is 17.2 Å². The zero-order valence-electron chi connectivity index (χ0n) is 11.0. The fraction of sp³-hybridized carbons (Fsp3) is 0.400. The fourth-order valence-electron chi connectivity index (χ4n) is 2.84. The highest BCUT2D eigenvalue weighted by Gasteiger charge is 2.45. The van der Waals surface area contributed by atoms with E-state index in [4.69, 9.17) is 11.6 Å². The highest BCUT2D eigenvalue weighted by atomic mass is 35.5. The van der Waals surface area contributed by atoms with E-state index >= 15 is 0 Å². The van der Waals surface area contributed by atoms with Crippen molar-refractivity contribution in [2.45, 2.75) is 25.4 Å². The molecule has 1 saturated carbocycles. The molecule has 1 aliphatic carbocycles. The molecular weight excluding hydrogens is 260 g/mol. The van der Waals surface area contributed by atoms with Crippen LogP contribution in [-0.4, -0.2) is 14.9 Å². The molecular formula is C15H17ClN2O. The van der Waals surface area contributed by atoms with E-state index in [1.807, 2.05) is 25.1 Å². The number of hydrogen-bond donors (Lipinski definition) is 1. The van der Waals surface area contributed by atoms with Crippen LogP contribution in [-0.2, 0) is 7.05 Å². The van der Waals surface area contributed by atoms with Crippen molar-refractivity contribution in [3.8, 4) is 0 Å². The number of nitrogens with zero attached hydrogens (tertiary/aromatic N) is 2. The van der Waals surface area contributed by atoms with Crippen molar-refractivity contribution < 1.29 is 5.11 Å². The molecule has 3 rings (SSSR count). The number of aromatic nitrogens is 2. The summed E-state index contributed by atoms with van der Waals surface area (Å²) in [6, 6.07) is 10.3. The van der Waals surface area contributed by atoms with Gasteiger partial charge in [0, 0.05) is 12.6 Å². The van der Waals surface area contributed by atoms with Crippen LogP contribution >= 0.6 is 11.6 Å². The molecule has 1 heterocycles. The average Bonchev–Trinajstić information content (AvgIpc) is 3.15. The molecule has 0 bridgehead atoms. The van der Waals surface area contributed by atoms with Crippen LogP contribution in [0.25, 0.3) is 0 Å². The molecule has 0 radical (unpaired) electrons. The molecule has 3 atom stereocenters. The van der Waals surface area contributed by atoms with Crippen molar-refractivity contribution in [2.75, 3.05) is 0 Å². The van der Waals surface area contributed by atoms with Gasteiger partial charge < -0.3 is 5.11 Å². The summed E-state index contributed by atoms with van der Waals surface area (Å²) in [5.74, 6) is 0.690. The molecule has 1 aromatic heterocycles. The zero-order valence-corrected chi connectivity index (χ0v) is 11.8. The van der Waals surface area contributed by atoms with Gasteiger partial charge in [-0.3, -0.25) is 4.68 Å². The number of halogens is 1. The second-order valence-electron chi connectivity index (χ2n) is 5.28. The number of aliphatic hydroxyl groups excluding tert-OH is 1. The summed E-state index contributed by atoms with van der Waals surface area (Å²) in [6.45, 7) is 1.89. The van der Waals surface area contributed by atoms with Gasteiger partial charge in [0.1, 0.15) is 5.15 Å². The third-order valence-electron chi connectivity index (χ3n) is 3.96. The van der Waals surface area contributed by atoms with Gasteiger partial charge in [-0.15, -0.1) is 0 Å². The van der Waals surface area contributed by atoms with Crippen LogP contribution in [0.2, 0.25) is 5.15 Å². The Morgan fingerprint density at radius 1 is 1.37 bits per heavy atom. The first-order valence-corrected chi connectivity index (χ1v) is 6.89. The Morgan fingerprint density at radius 2 is 2.05 bits per heavy atom.